The molecule has 0 fully saturated rings. The molecule has 7 aromatic rings. The van der Waals surface area contributed by atoms with Gasteiger partial charge in [-0.3, -0.25) is 0 Å². The average molecular weight is 477 g/mol. The lowest BCUT2D eigenvalue weighted by Crippen LogP contribution is -2.14. The van der Waals surface area contributed by atoms with E-state index in [4.69, 9.17) is 4.42 Å². The lowest BCUT2D eigenvalue weighted by Gasteiger charge is -2.21. The van der Waals surface area contributed by atoms with Gasteiger partial charge in [-0.25, -0.2) is 4.98 Å². The van der Waals surface area contributed by atoms with Gasteiger partial charge in [-0.05, 0) is 76.9 Å². The van der Waals surface area contributed by atoms with Gasteiger partial charge in [0.05, 0.1) is 11.0 Å². The molecule has 2 heterocycles. The van der Waals surface area contributed by atoms with Crippen LogP contribution >= 0.6 is 0 Å². The van der Waals surface area contributed by atoms with Crippen LogP contribution in [0.4, 0.5) is 0 Å². The molecular formula is C34H24N2O. The monoisotopic (exact) mass is 476 g/mol. The number of rotatable bonds is 2. The van der Waals surface area contributed by atoms with Crippen molar-refractivity contribution in [2.45, 2.75) is 19.3 Å². The maximum atomic E-state index is 6.01. The van der Waals surface area contributed by atoms with E-state index in [2.05, 4.69) is 108 Å². The van der Waals surface area contributed by atoms with Crippen molar-refractivity contribution in [3.8, 4) is 28.3 Å². The summed E-state index contributed by atoms with van der Waals surface area (Å²) in [7, 11) is 0. The van der Waals surface area contributed by atoms with Crippen LogP contribution in [-0.4, -0.2) is 9.55 Å². The van der Waals surface area contributed by atoms with Crippen LogP contribution in [0.15, 0.2) is 114 Å². The second-order valence-electron chi connectivity index (χ2n) is 10.5. The summed E-state index contributed by atoms with van der Waals surface area (Å²) in [5.41, 5.74) is 11.7. The van der Waals surface area contributed by atoms with Gasteiger partial charge < -0.3 is 8.98 Å². The highest BCUT2D eigenvalue weighted by Crippen LogP contribution is 2.50. The van der Waals surface area contributed by atoms with Gasteiger partial charge in [0.2, 0.25) is 5.89 Å². The van der Waals surface area contributed by atoms with E-state index in [0.29, 0.717) is 5.89 Å². The quantitative estimate of drug-likeness (QED) is 0.249. The molecule has 1 aliphatic carbocycles. The van der Waals surface area contributed by atoms with Crippen LogP contribution in [0, 0.1) is 0 Å². The first-order valence-electron chi connectivity index (χ1n) is 12.7. The Morgan fingerprint density at radius 2 is 1.41 bits per heavy atom. The maximum absolute atomic E-state index is 6.01. The van der Waals surface area contributed by atoms with E-state index in [0.717, 1.165) is 22.4 Å². The van der Waals surface area contributed by atoms with E-state index in [-0.39, 0.29) is 5.41 Å². The van der Waals surface area contributed by atoms with Crippen molar-refractivity contribution in [2.75, 3.05) is 0 Å². The van der Waals surface area contributed by atoms with Crippen LogP contribution in [0.5, 0.6) is 0 Å². The fraction of sp³-hybridized carbons (Fsp3) is 0.0882. The highest BCUT2D eigenvalue weighted by Gasteiger charge is 2.36. The third kappa shape index (κ3) is 2.80. The molecule has 0 bridgehead atoms. The van der Waals surface area contributed by atoms with Gasteiger partial charge in [-0.1, -0.05) is 68.4 Å². The molecule has 0 aliphatic heterocycles. The summed E-state index contributed by atoms with van der Waals surface area (Å²) in [6.45, 7) is 4.68. The van der Waals surface area contributed by atoms with E-state index < -0.39 is 0 Å². The minimum atomic E-state index is -0.0434. The molecule has 0 saturated carbocycles. The fourth-order valence-electron chi connectivity index (χ4n) is 6.19. The molecule has 0 radical (unpaired) electrons. The summed E-state index contributed by atoms with van der Waals surface area (Å²) in [5, 5.41) is 2.55. The third-order valence-corrected chi connectivity index (χ3v) is 8.04. The summed E-state index contributed by atoms with van der Waals surface area (Å²) < 4.78 is 8.40. The Morgan fingerprint density at radius 3 is 2.27 bits per heavy atom. The summed E-state index contributed by atoms with van der Waals surface area (Å²) >= 11 is 0. The van der Waals surface area contributed by atoms with E-state index in [9.17, 15) is 0 Å². The smallest absolute Gasteiger partial charge is 0.227 e. The molecule has 37 heavy (non-hydrogen) atoms. The molecule has 5 aromatic carbocycles. The van der Waals surface area contributed by atoms with Crippen molar-refractivity contribution in [1.29, 1.82) is 0 Å². The molecule has 176 valence electrons. The molecule has 0 atom stereocenters. The average Bonchev–Trinajstić information content (AvgIpc) is 3.57. The summed E-state index contributed by atoms with van der Waals surface area (Å²) in [4.78, 5) is 4.68. The van der Waals surface area contributed by atoms with E-state index in [1.54, 1.807) is 0 Å². The molecule has 3 nitrogen and oxygen atoms in total. The third-order valence-electron chi connectivity index (χ3n) is 8.04. The van der Waals surface area contributed by atoms with Gasteiger partial charge in [0.1, 0.15) is 5.52 Å². The Kier molecular flexibility index (Phi) is 4.00. The first-order valence-corrected chi connectivity index (χ1v) is 12.7. The van der Waals surface area contributed by atoms with Gasteiger partial charge in [0.25, 0.3) is 0 Å². The standard InChI is InChI=1S/C34H24N2O/c1-34(2)27-11-5-3-9-23(27)25-19-26-24-10-4-7-13-30(24)36(31(26)20-28(25)34)22-17-15-21(16-18-22)33-35-29-12-6-8-14-32(29)37-33/h3-20H,1-2H3. The van der Waals surface area contributed by atoms with E-state index in [1.165, 1.54) is 44.1 Å². The Morgan fingerprint density at radius 1 is 0.649 bits per heavy atom. The Balaban J connectivity index is 1.34. The lowest BCUT2D eigenvalue weighted by molar-refractivity contribution is 0.620. The Hall–Kier alpha value is -4.63. The molecule has 0 amide bonds. The van der Waals surface area contributed by atoms with E-state index in [1.807, 2.05) is 24.3 Å². The van der Waals surface area contributed by atoms with Crippen LogP contribution in [0.1, 0.15) is 25.0 Å². The topological polar surface area (TPSA) is 31.0 Å². The van der Waals surface area contributed by atoms with Crippen molar-refractivity contribution in [2.24, 2.45) is 0 Å². The predicted molar refractivity (Wildman–Crippen MR) is 151 cm³/mol. The zero-order valence-corrected chi connectivity index (χ0v) is 20.7. The highest BCUT2D eigenvalue weighted by atomic mass is 16.3. The molecule has 1 aliphatic rings. The number of oxazole rings is 1. The van der Waals surface area contributed by atoms with Crippen molar-refractivity contribution in [3.63, 3.8) is 0 Å². The SMILES string of the molecule is CC1(C)c2ccccc2-c2cc3c4ccccc4n(-c4ccc(-c5nc6ccccc6o5)cc4)c3cc21. The summed E-state index contributed by atoms with van der Waals surface area (Å²) in [6.07, 6.45) is 0. The van der Waals surface area contributed by atoms with E-state index >= 15 is 0 Å². The maximum Gasteiger partial charge on any atom is 0.227 e. The Labute approximate surface area is 214 Å². The predicted octanol–water partition coefficient (Wildman–Crippen LogP) is 8.90. The molecule has 8 rings (SSSR count). The molecule has 0 unspecified atom stereocenters. The molecule has 3 heteroatoms. The summed E-state index contributed by atoms with van der Waals surface area (Å²) in [6, 6.07) is 38.8. The number of fused-ring (bicyclic) bond motifs is 7. The van der Waals surface area contributed by atoms with Gasteiger partial charge in [0.15, 0.2) is 5.58 Å². The lowest BCUT2D eigenvalue weighted by atomic mass is 9.82. The molecule has 0 spiro atoms. The van der Waals surface area contributed by atoms with Crippen molar-refractivity contribution >= 4 is 32.9 Å². The van der Waals surface area contributed by atoms with Gasteiger partial charge in [-0.2, -0.15) is 0 Å². The zero-order valence-electron chi connectivity index (χ0n) is 20.7. The number of benzene rings is 5. The van der Waals surface area contributed by atoms with Crippen molar-refractivity contribution < 1.29 is 4.42 Å². The van der Waals surface area contributed by atoms with Crippen LogP contribution < -0.4 is 0 Å². The first-order chi connectivity index (χ1) is 18.1. The van der Waals surface area contributed by atoms with Crippen LogP contribution in [0.25, 0.3) is 61.2 Å². The van der Waals surface area contributed by atoms with Crippen molar-refractivity contribution in [1.82, 2.24) is 9.55 Å². The first kappa shape index (κ1) is 20.6. The van der Waals surface area contributed by atoms with Crippen LogP contribution in [-0.2, 0) is 5.41 Å². The Bertz CT molecular complexity index is 1970. The number of hydrogen-bond acceptors (Lipinski definition) is 2. The minimum Gasteiger partial charge on any atom is -0.436 e. The number of para-hydroxylation sites is 3. The number of hydrogen-bond donors (Lipinski definition) is 0. The van der Waals surface area contributed by atoms with Crippen LogP contribution in [0.2, 0.25) is 0 Å². The highest BCUT2D eigenvalue weighted by molar-refractivity contribution is 6.11. The van der Waals surface area contributed by atoms with Gasteiger partial charge in [-0.15, -0.1) is 0 Å². The molecule has 0 saturated heterocycles. The van der Waals surface area contributed by atoms with Crippen molar-refractivity contribution in [3.05, 3.63) is 120 Å². The zero-order chi connectivity index (χ0) is 24.7. The largest absolute Gasteiger partial charge is 0.436 e. The number of nitrogens with zero attached hydrogens (tertiary/aromatic N) is 2. The molecule has 2 aromatic heterocycles. The molecule has 0 N–H and O–H groups in total. The second kappa shape index (κ2) is 7.21. The normalized spacial score (nSPS) is 13.9. The van der Waals surface area contributed by atoms with Gasteiger partial charge >= 0.3 is 0 Å². The number of aromatic nitrogens is 2. The van der Waals surface area contributed by atoms with Gasteiger partial charge in [0, 0.05) is 27.4 Å². The fourth-order valence-corrected chi connectivity index (χ4v) is 6.19. The summed E-state index contributed by atoms with van der Waals surface area (Å²) in [5.74, 6) is 0.646. The molecular weight excluding hydrogens is 452 g/mol. The van der Waals surface area contributed by atoms with Crippen LogP contribution in [0.3, 0.4) is 0 Å². The minimum absolute atomic E-state index is 0.0434. The second-order valence-corrected chi connectivity index (χ2v) is 10.5.